The summed E-state index contributed by atoms with van der Waals surface area (Å²) in [6.45, 7) is 0. The Hall–Kier alpha value is -3.22. The lowest BCUT2D eigenvalue weighted by Gasteiger charge is -2.08. The van der Waals surface area contributed by atoms with Crippen LogP contribution in [0.25, 0.3) is 0 Å². The molecule has 3 rings (SSSR count). The fraction of sp³-hybridized carbons (Fsp3) is 0.125. The molecule has 0 fully saturated rings. The largest absolute Gasteiger partial charge is 0.356 e. The minimum atomic E-state index is -0.160. The molecule has 3 aromatic rings. The van der Waals surface area contributed by atoms with Crippen LogP contribution in [-0.4, -0.2) is 26.1 Å². The Morgan fingerprint density at radius 3 is 2.30 bits per heavy atom. The first-order chi connectivity index (χ1) is 11.2. The summed E-state index contributed by atoms with van der Waals surface area (Å²) in [5, 5.41) is 17.1. The van der Waals surface area contributed by atoms with Gasteiger partial charge in [-0.25, -0.2) is 4.68 Å². The summed E-state index contributed by atoms with van der Waals surface area (Å²) >= 11 is 0. The third-order valence-electron chi connectivity index (χ3n) is 3.26. The van der Waals surface area contributed by atoms with E-state index in [1.165, 1.54) is 4.68 Å². The van der Waals surface area contributed by atoms with Gasteiger partial charge in [-0.05, 0) is 46.8 Å². The third kappa shape index (κ3) is 3.91. The number of hydrogen-bond acceptors (Lipinski definition) is 5. The van der Waals surface area contributed by atoms with Gasteiger partial charge >= 0.3 is 0 Å². The van der Waals surface area contributed by atoms with Crippen LogP contribution in [0.1, 0.15) is 5.82 Å². The van der Waals surface area contributed by atoms with Gasteiger partial charge in [-0.1, -0.05) is 18.2 Å². The molecular weight excluding hydrogens is 292 g/mol. The van der Waals surface area contributed by atoms with Crippen LogP contribution in [0.3, 0.4) is 0 Å². The van der Waals surface area contributed by atoms with Crippen LogP contribution in [0.2, 0.25) is 0 Å². The number of tetrazole rings is 1. The molecule has 0 saturated carbocycles. The quantitative estimate of drug-likeness (QED) is 0.754. The molecule has 7 heteroatoms. The van der Waals surface area contributed by atoms with Gasteiger partial charge in [-0.3, -0.25) is 4.79 Å². The van der Waals surface area contributed by atoms with Gasteiger partial charge < -0.3 is 10.6 Å². The molecule has 0 aliphatic carbocycles. The highest BCUT2D eigenvalue weighted by Crippen LogP contribution is 2.18. The van der Waals surface area contributed by atoms with E-state index in [1.807, 2.05) is 54.6 Å². The molecule has 0 unspecified atom stereocenters. The molecule has 0 spiro atoms. The molecule has 1 amide bonds. The van der Waals surface area contributed by atoms with Gasteiger partial charge in [0.05, 0.1) is 6.42 Å². The number of nitrogens with one attached hydrogen (secondary N) is 2. The van der Waals surface area contributed by atoms with Gasteiger partial charge in [0.15, 0.2) is 5.82 Å². The molecule has 23 heavy (non-hydrogen) atoms. The number of benzene rings is 2. The first kappa shape index (κ1) is 14.7. The Labute approximate surface area is 133 Å². The summed E-state index contributed by atoms with van der Waals surface area (Å²) in [6.07, 6.45) is 0.132. The van der Waals surface area contributed by atoms with E-state index in [9.17, 15) is 4.79 Å². The van der Waals surface area contributed by atoms with Crippen molar-refractivity contribution < 1.29 is 4.79 Å². The second-order valence-corrected chi connectivity index (χ2v) is 5.01. The molecule has 2 N–H and O–H groups in total. The maximum atomic E-state index is 12.0. The highest BCUT2D eigenvalue weighted by atomic mass is 16.1. The predicted octanol–water partition coefficient (Wildman–Crippen LogP) is 2.13. The van der Waals surface area contributed by atoms with E-state index < -0.39 is 0 Å². The van der Waals surface area contributed by atoms with Crippen molar-refractivity contribution in [3.8, 4) is 0 Å². The van der Waals surface area contributed by atoms with Gasteiger partial charge in [0, 0.05) is 24.1 Å². The summed E-state index contributed by atoms with van der Waals surface area (Å²) in [5.74, 6) is 0.358. The van der Waals surface area contributed by atoms with Gasteiger partial charge in [0.1, 0.15) is 0 Å². The van der Waals surface area contributed by atoms with Crippen molar-refractivity contribution in [2.24, 2.45) is 7.05 Å². The SMILES string of the molecule is Cn1nnnc1CC(=O)Nc1ccc(Nc2ccccc2)cc1. The lowest BCUT2D eigenvalue weighted by molar-refractivity contribution is -0.115. The van der Waals surface area contributed by atoms with Gasteiger partial charge in [-0.2, -0.15) is 0 Å². The van der Waals surface area contributed by atoms with Crippen molar-refractivity contribution in [3.05, 3.63) is 60.4 Å². The van der Waals surface area contributed by atoms with E-state index in [2.05, 4.69) is 26.2 Å². The number of nitrogens with zero attached hydrogens (tertiary/aromatic N) is 4. The number of aryl methyl sites for hydroxylation is 1. The monoisotopic (exact) mass is 308 g/mol. The number of para-hydroxylation sites is 1. The summed E-state index contributed by atoms with van der Waals surface area (Å²) in [4.78, 5) is 12.0. The Bertz CT molecular complexity index is 782. The molecule has 1 aromatic heterocycles. The maximum Gasteiger partial charge on any atom is 0.232 e. The standard InChI is InChI=1S/C16H16N6O/c1-22-15(19-20-21-22)11-16(23)18-14-9-7-13(8-10-14)17-12-5-3-2-4-6-12/h2-10,17H,11H2,1H3,(H,18,23). The van der Waals surface area contributed by atoms with Crippen molar-refractivity contribution in [2.75, 3.05) is 10.6 Å². The van der Waals surface area contributed by atoms with E-state index in [0.29, 0.717) is 5.82 Å². The second-order valence-electron chi connectivity index (χ2n) is 5.01. The topological polar surface area (TPSA) is 84.7 Å². The third-order valence-corrected chi connectivity index (χ3v) is 3.26. The molecular formula is C16H16N6O. The molecule has 0 atom stereocenters. The average molecular weight is 308 g/mol. The Kier molecular flexibility index (Phi) is 4.28. The summed E-state index contributed by atoms with van der Waals surface area (Å²) < 4.78 is 1.48. The summed E-state index contributed by atoms with van der Waals surface area (Å²) in [6, 6.07) is 17.4. The zero-order valence-corrected chi connectivity index (χ0v) is 12.6. The molecule has 0 radical (unpaired) electrons. The molecule has 2 aromatic carbocycles. The van der Waals surface area contributed by atoms with E-state index in [1.54, 1.807) is 7.05 Å². The fourth-order valence-corrected chi connectivity index (χ4v) is 2.07. The van der Waals surface area contributed by atoms with E-state index in [-0.39, 0.29) is 12.3 Å². The summed E-state index contributed by atoms with van der Waals surface area (Å²) in [7, 11) is 1.70. The molecule has 0 bridgehead atoms. The van der Waals surface area contributed by atoms with Crippen LogP contribution >= 0.6 is 0 Å². The van der Waals surface area contributed by atoms with Crippen LogP contribution in [0, 0.1) is 0 Å². The zero-order chi connectivity index (χ0) is 16.1. The van der Waals surface area contributed by atoms with E-state index in [0.717, 1.165) is 17.1 Å². The number of amides is 1. The molecule has 7 nitrogen and oxygen atoms in total. The molecule has 0 aliphatic rings. The van der Waals surface area contributed by atoms with Crippen molar-refractivity contribution in [1.29, 1.82) is 0 Å². The van der Waals surface area contributed by atoms with Gasteiger partial charge in [0.2, 0.25) is 5.91 Å². The molecule has 0 saturated heterocycles. The van der Waals surface area contributed by atoms with Crippen molar-refractivity contribution in [1.82, 2.24) is 20.2 Å². The highest BCUT2D eigenvalue weighted by Gasteiger charge is 2.09. The zero-order valence-electron chi connectivity index (χ0n) is 12.6. The van der Waals surface area contributed by atoms with Crippen molar-refractivity contribution in [2.45, 2.75) is 6.42 Å². The molecule has 1 heterocycles. The highest BCUT2D eigenvalue weighted by molar-refractivity contribution is 5.92. The molecule has 0 aliphatic heterocycles. The molecule has 116 valence electrons. The van der Waals surface area contributed by atoms with Crippen molar-refractivity contribution >= 4 is 23.0 Å². The van der Waals surface area contributed by atoms with Crippen LogP contribution < -0.4 is 10.6 Å². The number of rotatable bonds is 5. The Morgan fingerprint density at radius 1 is 1.00 bits per heavy atom. The normalized spacial score (nSPS) is 10.3. The van der Waals surface area contributed by atoms with Crippen LogP contribution in [-0.2, 0) is 18.3 Å². The number of aromatic nitrogens is 4. The first-order valence-corrected chi connectivity index (χ1v) is 7.14. The van der Waals surface area contributed by atoms with E-state index in [4.69, 9.17) is 0 Å². The number of carbonyl (C=O) groups excluding carboxylic acids is 1. The van der Waals surface area contributed by atoms with Crippen molar-refractivity contribution in [3.63, 3.8) is 0 Å². The smallest absolute Gasteiger partial charge is 0.232 e. The fourth-order valence-electron chi connectivity index (χ4n) is 2.07. The van der Waals surface area contributed by atoms with Crippen LogP contribution in [0.15, 0.2) is 54.6 Å². The van der Waals surface area contributed by atoms with Gasteiger partial charge in [-0.15, -0.1) is 5.10 Å². The lowest BCUT2D eigenvalue weighted by Crippen LogP contribution is -2.17. The number of anilines is 3. The average Bonchev–Trinajstić information content (AvgIpc) is 2.95. The van der Waals surface area contributed by atoms with E-state index >= 15 is 0 Å². The second kappa shape index (κ2) is 6.69. The number of carbonyl (C=O) groups is 1. The lowest BCUT2D eigenvalue weighted by atomic mass is 10.2. The minimum absolute atomic E-state index is 0.132. The summed E-state index contributed by atoms with van der Waals surface area (Å²) in [5.41, 5.74) is 2.69. The Balaban J connectivity index is 1.59. The van der Waals surface area contributed by atoms with Crippen LogP contribution in [0.4, 0.5) is 17.1 Å². The number of hydrogen-bond donors (Lipinski definition) is 2. The van der Waals surface area contributed by atoms with Crippen LogP contribution in [0.5, 0.6) is 0 Å². The predicted molar refractivity (Wildman–Crippen MR) is 87.3 cm³/mol. The first-order valence-electron chi connectivity index (χ1n) is 7.14. The minimum Gasteiger partial charge on any atom is -0.356 e. The maximum absolute atomic E-state index is 12.0. The Morgan fingerprint density at radius 2 is 1.65 bits per heavy atom. The van der Waals surface area contributed by atoms with Gasteiger partial charge in [0.25, 0.3) is 0 Å².